The summed E-state index contributed by atoms with van der Waals surface area (Å²) in [5.41, 5.74) is 0. The fraction of sp³-hybridized carbons (Fsp3) is 0.909. The molecule has 3 aliphatic carbocycles. The lowest BCUT2D eigenvalue weighted by atomic mass is 10.0. The number of carbonyl (C=O) groups excluding carboxylic acids is 1. The Balaban J connectivity index is 1.49. The molecule has 1 amide bonds. The molecule has 4 atom stereocenters. The summed E-state index contributed by atoms with van der Waals surface area (Å²) in [5, 5.41) is 11.4. The highest BCUT2D eigenvalue weighted by Gasteiger charge is 2.65. The maximum atomic E-state index is 11.3. The Morgan fingerprint density at radius 2 is 2.00 bits per heavy atom. The Morgan fingerprint density at radius 1 is 1.33 bits per heavy atom. The maximum Gasteiger partial charge on any atom is 0.407 e. The summed E-state index contributed by atoms with van der Waals surface area (Å²) in [4.78, 5) is 11.3. The smallest absolute Gasteiger partial charge is 0.407 e. The van der Waals surface area contributed by atoms with Crippen LogP contribution in [0.25, 0.3) is 0 Å². The lowest BCUT2D eigenvalue weighted by molar-refractivity contribution is 0.117. The zero-order valence-electron chi connectivity index (χ0n) is 8.69. The van der Waals surface area contributed by atoms with Crippen LogP contribution in [0, 0.1) is 23.7 Å². The van der Waals surface area contributed by atoms with Crippen LogP contribution >= 0.6 is 0 Å². The number of carbonyl (C=O) groups is 1. The van der Waals surface area contributed by atoms with Gasteiger partial charge < -0.3 is 15.2 Å². The quantitative estimate of drug-likeness (QED) is 0.724. The summed E-state index contributed by atoms with van der Waals surface area (Å²) < 4.78 is 4.80. The van der Waals surface area contributed by atoms with Crippen LogP contribution in [0.2, 0.25) is 0 Å². The predicted octanol–water partition coefficient (Wildman–Crippen LogP) is 0.749. The molecule has 4 unspecified atom stereocenters. The molecule has 0 aromatic carbocycles. The molecule has 3 saturated carbocycles. The molecule has 0 saturated heterocycles. The first-order valence-electron chi connectivity index (χ1n) is 5.85. The van der Waals surface area contributed by atoms with Crippen LogP contribution in [0.5, 0.6) is 0 Å². The van der Waals surface area contributed by atoms with Gasteiger partial charge in [-0.25, -0.2) is 4.79 Å². The monoisotopic (exact) mass is 211 g/mol. The van der Waals surface area contributed by atoms with Gasteiger partial charge in [0.15, 0.2) is 0 Å². The van der Waals surface area contributed by atoms with Gasteiger partial charge in [-0.15, -0.1) is 0 Å². The molecule has 4 nitrogen and oxygen atoms in total. The fourth-order valence-electron chi connectivity index (χ4n) is 3.83. The first kappa shape index (κ1) is 9.46. The van der Waals surface area contributed by atoms with Gasteiger partial charge in [0.2, 0.25) is 0 Å². The molecule has 3 aliphatic rings. The summed E-state index contributed by atoms with van der Waals surface area (Å²) in [6.07, 6.45) is 3.74. The van der Waals surface area contributed by atoms with Gasteiger partial charge >= 0.3 is 6.09 Å². The van der Waals surface area contributed by atoms with E-state index in [1.54, 1.807) is 0 Å². The maximum absolute atomic E-state index is 11.3. The molecule has 0 heterocycles. The van der Waals surface area contributed by atoms with Gasteiger partial charge in [-0.2, -0.15) is 0 Å². The standard InChI is InChI=1S/C11H17NO3/c13-3-4-15-11(14)12-10-8-6-1-2-7(5-6)9(8)10/h6-10,13H,1-5H2,(H,12,14). The molecule has 2 N–H and O–H groups in total. The van der Waals surface area contributed by atoms with Crippen molar-refractivity contribution in [1.29, 1.82) is 0 Å². The van der Waals surface area contributed by atoms with Crippen molar-refractivity contribution >= 4 is 6.09 Å². The largest absolute Gasteiger partial charge is 0.447 e. The van der Waals surface area contributed by atoms with Crippen molar-refractivity contribution < 1.29 is 14.6 Å². The molecule has 3 fully saturated rings. The number of fused-ring (bicyclic) bond motifs is 5. The van der Waals surface area contributed by atoms with Gasteiger partial charge in [0.1, 0.15) is 6.61 Å². The Kier molecular flexibility index (Phi) is 2.12. The SMILES string of the molecule is O=C(NC1C2C3CCC(C3)C12)OCCO. The Labute approximate surface area is 89.0 Å². The van der Waals surface area contributed by atoms with E-state index in [9.17, 15) is 4.79 Å². The van der Waals surface area contributed by atoms with Gasteiger partial charge in [0, 0.05) is 6.04 Å². The van der Waals surface area contributed by atoms with E-state index in [-0.39, 0.29) is 19.3 Å². The first-order valence-corrected chi connectivity index (χ1v) is 5.85. The molecule has 0 aliphatic heterocycles. The van der Waals surface area contributed by atoms with Crippen LogP contribution in [0.15, 0.2) is 0 Å². The third kappa shape index (κ3) is 1.42. The lowest BCUT2D eigenvalue weighted by Gasteiger charge is -2.10. The van der Waals surface area contributed by atoms with E-state index in [0.29, 0.717) is 6.04 Å². The third-order valence-electron chi connectivity index (χ3n) is 4.34. The van der Waals surface area contributed by atoms with E-state index in [0.717, 1.165) is 23.7 Å². The molecular formula is C11H17NO3. The van der Waals surface area contributed by atoms with Crippen LogP contribution in [0.1, 0.15) is 19.3 Å². The second kappa shape index (κ2) is 3.37. The summed E-state index contributed by atoms with van der Waals surface area (Å²) in [6, 6.07) is 0.377. The predicted molar refractivity (Wildman–Crippen MR) is 53.2 cm³/mol. The van der Waals surface area contributed by atoms with Gasteiger partial charge in [0.05, 0.1) is 6.61 Å². The number of ether oxygens (including phenoxy) is 1. The van der Waals surface area contributed by atoms with Crippen molar-refractivity contribution in [3.8, 4) is 0 Å². The second-order valence-corrected chi connectivity index (χ2v) is 5.02. The Morgan fingerprint density at radius 3 is 2.60 bits per heavy atom. The molecule has 0 radical (unpaired) electrons. The molecule has 0 aromatic heterocycles. The van der Waals surface area contributed by atoms with E-state index in [2.05, 4.69) is 5.32 Å². The number of rotatable bonds is 3. The van der Waals surface area contributed by atoms with Gasteiger partial charge in [-0.05, 0) is 42.9 Å². The number of amides is 1. The molecule has 0 aromatic rings. The zero-order chi connectivity index (χ0) is 10.4. The normalized spacial score (nSPS) is 45.0. The molecule has 84 valence electrons. The summed E-state index contributed by atoms with van der Waals surface area (Å²) in [6.45, 7) is -0.00304. The van der Waals surface area contributed by atoms with Crippen molar-refractivity contribution in [1.82, 2.24) is 5.32 Å². The molecule has 4 heteroatoms. The number of alkyl carbamates (subject to hydrolysis) is 1. The van der Waals surface area contributed by atoms with Crippen molar-refractivity contribution in [2.45, 2.75) is 25.3 Å². The minimum Gasteiger partial charge on any atom is -0.447 e. The molecule has 15 heavy (non-hydrogen) atoms. The number of hydrogen-bond acceptors (Lipinski definition) is 3. The fourth-order valence-corrected chi connectivity index (χ4v) is 3.83. The summed E-state index contributed by atoms with van der Waals surface area (Å²) >= 11 is 0. The second-order valence-electron chi connectivity index (χ2n) is 5.02. The average molecular weight is 211 g/mol. The molecular weight excluding hydrogens is 194 g/mol. The topological polar surface area (TPSA) is 58.6 Å². The lowest BCUT2D eigenvalue weighted by Crippen LogP contribution is -2.31. The molecule has 3 rings (SSSR count). The average Bonchev–Trinajstić information content (AvgIpc) is 2.65. The van der Waals surface area contributed by atoms with E-state index < -0.39 is 0 Å². The molecule has 2 bridgehead atoms. The van der Waals surface area contributed by atoms with Crippen molar-refractivity contribution in [3.05, 3.63) is 0 Å². The minimum absolute atomic E-state index is 0.0980. The van der Waals surface area contributed by atoms with E-state index in [1.165, 1.54) is 19.3 Å². The van der Waals surface area contributed by atoms with Crippen molar-refractivity contribution in [2.24, 2.45) is 23.7 Å². The van der Waals surface area contributed by atoms with Crippen molar-refractivity contribution in [3.63, 3.8) is 0 Å². The minimum atomic E-state index is -0.358. The van der Waals surface area contributed by atoms with Crippen LogP contribution in [-0.4, -0.2) is 30.5 Å². The summed E-state index contributed by atoms with van der Waals surface area (Å²) in [7, 11) is 0. The number of hydrogen-bond donors (Lipinski definition) is 2. The van der Waals surface area contributed by atoms with Crippen LogP contribution in [0.4, 0.5) is 4.79 Å². The highest BCUT2D eigenvalue weighted by molar-refractivity contribution is 5.68. The van der Waals surface area contributed by atoms with E-state index in [1.807, 2.05) is 0 Å². The Hall–Kier alpha value is -0.770. The highest BCUT2D eigenvalue weighted by Crippen LogP contribution is 2.65. The zero-order valence-corrected chi connectivity index (χ0v) is 8.69. The summed E-state index contributed by atoms with van der Waals surface area (Å²) in [5.74, 6) is 3.21. The Bertz CT molecular complexity index is 265. The van der Waals surface area contributed by atoms with Crippen LogP contribution < -0.4 is 5.32 Å². The van der Waals surface area contributed by atoms with E-state index in [4.69, 9.17) is 9.84 Å². The number of aliphatic hydroxyl groups excluding tert-OH is 1. The van der Waals surface area contributed by atoms with Gasteiger partial charge in [-0.1, -0.05) is 0 Å². The molecule has 0 spiro atoms. The van der Waals surface area contributed by atoms with Gasteiger partial charge in [0.25, 0.3) is 0 Å². The number of nitrogens with one attached hydrogen (secondary N) is 1. The third-order valence-corrected chi connectivity index (χ3v) is 4.34. The van der Waals surface area contributed by atoms with Gasteiger partial charge in [-0.3, -0.25) is 0 Å². The van der Waals surface area contributed by atoms with Crippen LogP contribution in [0.3, 0.4) is 0 Å². The van der Waals surface area contributed by atoms with Crippen molar-refractivity contribution in [2.75, 3.05) is 13.2 Å². The van der Waals surface area contributed by atoms with E-state index >= 15 is 0 Å². The highest BCUT2D eigenvalue weighted by atomic mass is 16.6. The van der Waals surface area contributed by atoms with Crippen LogP contribution in [-0.2, 0) is 4.74 Å². The first-order chi connectivity index (χ1) is 7.31. The number of aliphatic hydroxyl groups is 1.